The SMILES string of the molecule is COc1cc(/C=C/C(=O)OCC(=O)Nc2cc([N+](=O)[O-])ccc2Cl)ccc1OC(F)F. The second-order valence-electron chi connectivity index (χ2n) is 5.70. The summed E-state index contributed by atoms with van der Waals surface area (Å²) >= 11 is 5.87. The summed E-state index contributed by atoms with van der Waals surface area (Å²) in [6.07, 6.45) is 2.32. The molecule has 0 bridgehead atoms. The van der Waals surface area contributed by atoms with Gasteiger partial charge in [-0.15, -0.1) is 0 Å². The number of methoxy groups -OCH3 is 1. The smallest absolute Gasteiger partial charge is 0.387 e. The molecule has 0 aliphatic carbocycles. The van der Waals surface area contributed by atoms with Crippen LogP contribution in [0.1, 0.15) is 5.56 Å². The van der Waals surface area contributed by atoms with Crippen molar-refractivity contribution in [2.45, 2.75) is 6.61 Å². The van der Waals surface area contributed by atoms with Crippen molar-refractivity contribution in [2.24, 2.45) is 0 Å². The highest BCUT2D eigenvalue weighted by Gasteiger charge is 2.13. The maximum absolute atomic E-state index is 12.3. The number of halogens is 3. The third kappa shape index (κ3) is 7.23. The third-order valence-corrected chi connectivity index (χ3v) is 3.93. The highest BCUT2D eigenvalue weighted by molar-refractivity contribution is 6.33. The number of hydrogen-bond acceptors (Lipinski definition) is 7. The second-order valence-corrected chi connectivity index (χ2v) is 6.11. The number of carbonyl (C=O) groups excluding carboxylic acids is 2. The number of rotatable bonds is 9. The Labute approximate surface area is 179 Å². The quantitative estimate of drug-likeness (QED) is 0.262. The van der Waals surface area contributed by atoms with Crippen LogP contribution in [-0.2, 0) is 14.3 Å². The number of alkyl halides is 2. The van der Waals surface area contributed by atoms with Crippen LogP contribution in [0.3, 0.4) is 0 Å². The van der Waals surface area contributed by atoms with Crippen LogP contribution in [0.2, 0.25) is 5.02 Å². The van der Waals surface area contributed by atoms with E-state index in [0.717, 1.165) is 12.1 Å². The summed E-state index contributed by atoms with van der Waals surface area (Å²) in [6, 6.07) is 7.49. The second kappa shape index (κ2) is 10.9. The van der Waals surface area contributed by atoms with Gasteiger partial charge in [0.25, 0.3) is 11.6 Å². The lowest BCUT2D eigenvalue weighted by atomic mass is 10.2. The Kier molecular flexibility index (Phi) is 8.26. The van der Waals surface area contributed by atoms with Gasteiger partial charge in [-0.25, -0.2) is 4.79 Å². The summed E-state index contributed by atoms with van der Waals surface area (Å²) in [7, 11) is 1.27. The van der Waals surface area contributed by atoms with Crippen LogP contribution < -0.4 is 14.8 Å². The Morgan fingerprint density at radius 3 is 2.61 bits per heavy atom. The molecule has 31 heavy (non-hydrogen) atoms. The number of carbonyl (C=O) groups is 2. The maximum Gasteiger partial charge on any atom is 0.387 e. The number of nitrogens with zero attached hydrogens (tertiary/aromatic N) is 1. The van der Waals surface area contributed by atoms with E-state index in [1.807, 2.05) is 0 Å². The molecule has 2 aromatic rings. The van der Waals surface area contributed by atoms with E-state index in [1.54, 1.807) is 0 Å². The lowest BCUT2D eigenvalue weighted by Crippen LogP contribution is -2.20. The van der Waals surface area contributed by atoms with Crippen LogP contribution >= 0.6 is 11.6 Å². The monoisotopic (exact) mass is 456 g/mol. The Balaban J connectivity index is 1.93. The summed E-state index contributed by atoms with van der Waals surface area (Å²) in [5.41, 5.74) is 0.133. The Hall–Kier alpha value is -3.73. The normalized spacial score (nSPS) is 10.7. The minimum Gasteiger partial charge on any atom is -0.493 e. The maximum atomic E-state index is 12.3. The number of nitro benzene ring substituents is 1. The highest BCUT2D eigenvalue weighted by atomic mass is 35.5. The molecule has 0 saturated carbocycles. The van der Waals surface area contributed by atoms with Crippen molar-refractivity contribution >= 4 is 40.9 Å². The number of esters is 1. The van der Waals surface area contributed by atoms with E-state index < -0.39 is 30.0 Å². The highest BCUT2D eigenvalue weighted by Crippen LogP contribution is 2.30. The molecular weight excluding hydrogens is 442 g/mol. The minimum atomic E-state index is -3.02. The van der Waals surface area contributed by atoms with Gasteiger partial charge in [0.05, 0.1) is 22.7 Å². The number of amides is 1. The molecule has 1 N–H and O–H groups in total. The van der Waals surface area contributed by atoms with E-state index in [1.165, 1.54) is 43.5 Å². The first-order chi connectivity index (χ1) is 14.7. The molecule has 164 valence electrons. The number of benzene rings is 2. The third-order valence-electron chi connectivity index (χ3n) is 3.60. The van der Waals surface area contributed by atoms with Crippen LogP contribution in [0, 0.1) is 10.1 Å². The fraction of sp³-hybridized carbons (Fsp3) is 0.158. The van der Waals surface area contributed by atoms with Crippen LogP contribution in [-0.4, -0.2) is 37.1 Å². The van der Waals surface area contributed by atoms with Gasteiger partial charge >= 0.3 is 12.6 Å². The molecule has 0 saturated heterocycles. The topological polar surface area (TPSA) is 117 Å². The number of ether oxygens (including phenoxy) is 3. The molecule has 12 heteroatoms. The summed E-state index contributed by atoms with van der Waals surface area (Å²) < 4.78 is 38.7. The van der Waals surface area contributed by atoms with Gasteiger partial charge in [0.2, 0.25) is 0 Å². The lowest BCUT2D eigenvalue weighted by Gasteiger charge is -2.10. The fourth-order valence-corrected chi connectivity index (χ4v) is 2.40. The summed E-state index contributed by atoms with van der Waals surface area (Å²) in [5.74, 6) is -1.77. The molecule has 0 radical (unpaired) electrons. The molecule has 0 fully saturated rings. The standard InChI is InChI=1S/C19H15ClF2N2O7/c1-29-16-8-11(2-6-15(16)31-19(21)22)3-7-18(26)30-10-17(25)23-14-9-12(24(27)28)4-5-13(14)20/h2-9,19H,10H2,1H3,(H,23,25)/b7-3+. The molecule has 2 rings (SSSR count). The zero-order valence-corrected chi connectivity index (χ0v) is 16.6. The average molecular weight is 457 g/mol. The largest absolute Gasteiger partial charge is 0.493 e. The number of anilines is 1. The van der Waals surface area contributed by atoms with Gasteiger partial charge in [0.15, 0.2) is 18.1 Å². The first-order valence-electron chi connectivity index (χ1n) is 8.41. The molecule has 1 amide bonds. The molecule has 2 aromatic carbocycles. The number of hydrogen-bond donors (Lipinski definition) is 1. The average Bonchev–Trinajstić information content (AvgIpc) is 2.72. The van der Waals surface area contributed by atoms with Crippen LogP contribution in [0.25, 0.3) is 6.08 Å². The van der Waals surface area contributed by atoms with Crippen LogP contribution in [0.4, 0.5) is 20.2 Å². The van der Waals surface area contributed by atoms with E-state index >= 15 is 0 Å². The predicted molar refractivity (Wildman–Crippen MR) is 106 cm³/mol. The van der Waals surface area contributed by atoms with Gasteiger partial charge in [-0.3, -0.25) is 14.9 Å². The van der Waals surface area contributed by atoms with Crippen LogP contribution in [0.15, 0.2) is 42.5 Å². The first kappa shape index (κ1) is 23.5. The summed E-state index contributed by atoms with van der Waals surface area (Å²) in [6.45, 7) is -3.69. The Morgan fingerprint density at radius 2 is 1.97 bits per heavy atom. The van der Waals surface area contributed by atoms with Crippen molar-refractivity contribution in [1.29, 1.82) is 0 Å². The van der Waals surface area contributed by atoms with Crippen molar-refractivity contribution in [3.8, 4) is 11.5 Å². The van der Waals surface area contributed by atoms with Crippen molar-refractivity contribution in [3.05, 3.63) is 63.2 Å². The molecule has 0 aliphatic heterocycles. The zero-order chi connectivity index (χ0) is 23.0. The number of nitrogens with one attached hydrogen (secondary N) is 1. The zero-order valence-electron chi connectivity index (χ0n) is 15.8. The van der Waals surface area contributed by atoms with Gasteiger partial charge in [-0.2, -0.15) is 8.78 Å². The van der Waals surface area contributed by atoms with E-state index in [4.69, 9.17) is 21.1 Å². The van der Waals surface area contributed by atoms with Crippen molar-refractivity contribution < 1.29 is 37.5 Å². The van der Waals surface area contributed by atoms with Crippen molar-refractivity contribution in [2.75, 3.05) is 19.0 Å². The summed E-state index contributed by atoms with van der Waals surface area (Å²) in [5, 5.41) is 13.2. The molecule has 0 atom stereocenters. The van der Waals surface area contributed by atoms with Gasteiger partial charge < -0.3 is 19.5 Å². The van der Waals surface area contributed by atoms with Gasteiger partial charge in [0, 0.05) is 18.2 Å². The molecule has 9 nitrogen and oxygen atoms in total. The molecule has 0 spiro atoms. The van der Waals surface area contributed by atoms with Gasteiger partial charge in [0.1, 0.15) is 0 Å². The van der Waals surface area contributed by atoms with Gasteiger partial charge in [-0.1, -0.05) is 17.7 Å². The first-order valence-corrected chi connectivity index (χ1v) is 8.79. The van der Waals surface area contributed by atoms with E-state index in [9.17, 15) is 28.5 Å². The van der Waals surface area contributed by atoms with E-state index in [0.29, 0.717) is 5.56 Å². The molecule has 0 heterocycles. The molecule has 0 aromatic heterocycles. The molecule has 0 aliphatic rings. The number of non-ortho nitro benzene ring substituents is 1. The van der Waals surface area contributed by atoms with Crippen LogP contribution in [0.5, 0.6) is 11.5 Å². The summed E-state index contributed by atoms with van der Waals surface area (Å²) in [4.78, 5) is 33.8. The van der Waals surface area contributed by atoms with Gasteiger partial charge in [-0.05, 0) is 29.8 Å². The van der Waals surface area contributed by atoms with E-state index in [2.05, 4.69) is 10.1 Å². The molecular formula is C19H15ClF2N2O7. The lowest BCUT2D eigenvalue weighted by molar-refractivity contribution is -0.384. The predicted octanol–water partition coefficient (Wildman–Crippen LogP) is 4.05. The van der Waals surface area contributed by atoms with Crippen molar-refractivity contribution in [3.63, 3.8) is 0 Å². The Bertz CT molecular complexity index is 1010. The Morgan fingerprint density at radius 1 is 1.23 bits per heavy atom. The minimum absolute atomic E-state index is 0.00865. The number of nitro groups is 1. The molecule has 0 unspecified atom stereocenters. The van der Waals surface area contributed by atoms with Crippen molar-refractivity contribution in [1.82, 2.24) is 0 Å². The van der Waals surface area contributed by atoms with E-state index in [-0.39, 0.29) is 27.9 Å². The fourth-order valence-electron chi connectivity index (χ4n) is 2.24.